The lowest BCUT2D eigenvalue weighted by molar-refractivity contribution is -0.870. The average molecular weight is 556 g/mol. The summed E-state index contributed by atoms with van der Waals surface area (Å²) in [5, 5.41) is 14.5. The predicted octanol–water partition coefficient (Wildman–Crippen LogP) is 7.51. The molecule has 40 heavy (non-hydrogen) atoms. The number of carbonyl (C=O) groups is 1. The zero-order valence-corrected chi connectivity index (χ0v) is 27.9. The van der Waals surface area contributed by atoms with Crippen LogP contribution in [-0.4, -0.2) is 55.8 Å². The third kappa shape index (κ3) is 4.47. The minimum Gasteiger partial charge on any atom is -0.393 e. The van der Waals surface area contributed by atoms with Gasteiger partial charge in [-0.3, -0.25) is 4.79 Å². The van der Waals surface area contributed by atoms with Crippen molar-refractivity contribution in [1.82, 2.24) is 5.32 Å². The Morgan fingerprint density at radius 3 is 2.20 bits per heavy atom. The zero-order valence-electron chi connectivity index (χ0n) is 27.9. The van der Waals surface area contributed by atoms with Crippen LogP contribution in [0.5, 0.6) is 0 Å². The van der Waals surface area contributed by atoms with Crippen molar-refractivity contribution in [2.75, 3.05) is 34.2 Å². The van der Waals surface area contributed by atoms with E-state index in [0.29, 0.717) is 17.7 Å². The molecule has 0 saturated heterocycles. The molecule has 4 nitrogen and oxygen atoms in total. The molecule has 0 aromatic heterocycles. The lowest BCUT2D eigenvalue weighted by atomic mass is 9.34. The molecule has 7 atom stereocenters. The Labute approximate surface area is 246 Å². The molecule has 0 radical (unpaired) electrons. The summed E-state index contributed by atoms with van der Waals surface area (Å²) in [6.45, 7) is 19.3. The quantitative estimate of drug-likeness (QED) is 0.210. The zero-order chi connectivity index (χ0) is 29.6. The highest BCUT2D eigenvalue weighted by Crippen LogP contribution is 2.75. The monoisotopic (exact) mass is 555 g/mol. The molecule has 4 saturated carbocycles. The normalized spacial score (nSPS) is 44.1. The lowest BCUT2D eigenvalue weighted by Crippen LogP contribution is -2.64. The Morgan fingerprint density at radius 2 is 1.52 bits per heavy atom. The van der Waals surface area contributed by atoms with Crippen molar-refractivity contribution in [2.45, 2.75) is 132 Å². The molecule has 5 aliphatic carbocycles. The van der Waals surface area contributed by atoms with Crippen LogP contribution >= 0.6 is 0 Å². The highest BCUT2D eigenvalue weighted by Gasteiger charge is 2.68. The maximum Gasteiger partial charge on any atom is 0.230 e. The van der Waals surface area contributed by atoms with Gasteiger partial charge >= 0.3 is 0 Å². The molecule has 0 aromatic carbocycles. The first-order chi connectivity index (χ1) is 18.3. The minimum absolute atomic E-state index is 0.00690. The molecule has 4 heteroatoms. The van der Waals surface area contributed by atoms with Crippen molar-refractivity contribution < 1.29 is 14.4 Å². The summed E-state index contributed by atoms with van der Waals surface area (Å²) in [6.07, 6.45) is 13.3. The van der Waals surface area contributed by atoms with Crippen LogP contribution < -0.4 is 5.32 Å². The third-order valence-corrected chi connectivity index (χ3v) is 14.2. The molecule has 0 bridgehead atoms. The Kier molecular flexibility index (Phi) is 7.31. The number of fused-ring (bicyclic) bond motifs is 6. The number of hydrogen-bond acceptors (Lipinski definition) is 2. The number of allylic oxidation sites excluding steroid dienone is 1. The Hall–Kier alpha value is -0.870. The SMILES string of the molecule is CC1(C)CC[C@]2(C(=O)NCCC[N+](C)(C)C)CC[C@]3(C)C(=C2C1)CC[C@@H]1[C@@]2(C)CC[C@H](O)C(C)(C)[C@@H]2CC[C@]13C. The molecule has 0 heterocycles. The van der Waals surface area contributed by atoms with E-state index in [9.17, 15) is 9.90 Å². The summed E-state index contributed by atoms with van der Waals surface area (Å²) in [4.78, 5) is 14.2. The second kappa shape index (κ2) is 9.57. The van der Waals surface area contributed by atoms with Gasteiger partial charge in [-0.15, -0.1) is 0 Å². The lowest BCUT2D eigenvalue weighted by Gasteiger charge is -2.71. The Balaban J connectivity index is 1.50. The fourth-order valence-electron chi connectivity index (χ4n) is 11.5. The number of amides is 1. The van der Waals surface area contributed by atoms with Gasteiger partial charge < -0.3 is 14.9 Å². The van der Waals surface area contributed by atoms with Crippen molar-refractivity contribution >= 4 is 5.91 Å². The largest absolute Gasteiger partial charge is 0.393 e. The smallest absolute Gasteiger partial charge is 0.230 e. The summed E-state index contributed by atoms with van der Waals surface area (Å²) >= 11 is 0. The van der Waals surface area contributed by atoms with Crippen molar-refractivity contribution in [3.05, 3.63) is 11.1 Å². The van der Waals surface area contributed by atoms with Gasteiger partial charge in [-0.25, -0.2) is 0 Å². The second-order valence-corrected chi connectivity index (χ2v) is 18.3. The number of carbonyl (C=O) groups excluding carboxylic acids is 1. The molecule has 4 fully saturated rings. The van der Waals surface area contributed by atoms with Crippen molar-refractivity contribution in [3.8, 4) is 0 Å². The predicted molar refractivity (Wildman–Crippen MR) is 166 cm³/mol. The van der Waals surface area contributed by atoms with E-state index in [1.165, 1.54) is 25.7 Å². The fourth-order valence-corrected chi connectivity index (χ4v) is 11.5. The number of hydrogen-bond donors (Lipinski definition) is 2. The van der Waals surface area contributed by atoms with Crippen LogP contribution in [0.4, 0.5) is 0 Å². The molecular formula is C36H63N2O2+. The molecule has 5 aliphatic rings. The molecule has 228 valence electrons. The van der Waals surface area contributed by atoms with Crippen LogP contribution in [0.25, 0.3) is 0 Å². The van der Waals surface area contributed by atoms with Gasteiger partial charge in [0.25, 0.3) is 0 Å². The molecular weight excluding hydrogens is 492 g/mol. The highest BCUT2D eigenvalue weighted by molar-refractivity contribution is 5.87. The molecule has 0 aliphatic heterocycles. The van der Waals surface area contributed by atoms with E-state index in [4.69, 9.17) is 0 Å². The van der Waals surface area contributed by atoms with Crippen molar-refractivity contribution in [1.29, 1.82) is 0 Å². The van der Waals surface area contributed by atoms with Gasteiger partial charge in [-0.1, -0.05) is 59.6 Å². The van der Waals surface area contributed by atoms with Crippen molar-refractivity contribution in [2.24, 2.45) is 44.3 Å². The number of aliphatic hydroxyl groups is 1. The maximum atomic E-state index is 14.2. The van der Waals surface area contributed by atoms with Crippen LogP contribution in [0.2, 0.25) is 0 Å². The number of nitrogens with one attached hydrogen (secondary N) is 1. The molecule has 1 amide bonds. The topological polar surface area (TPSA) is 49.3 Å². The molecule has 0 aromatic rings. The second-order valence-electron chi connectivity index (χ2n) is 18.3. The van der Waals surface area contributed by atoms with Crippen LogP contribution in [0.1, 0.15) is 126 Å². The highest BCUT2D eigenvalue weighted by atomic mass is 16.3. The van der Waals surface area contributed by atoms with Gasteiger partial charge in [-0.2, -0.15) is 0 Å². The van der Waals surface area contributed by atoms with Gasteiger partial charge in [0.1, 0.15) is 0 Å². The minimum atomic E-state index is -0.289. The molecule has 0 spiro atoms. The first-order valence-corrected chi connectivity index (χ1v) is 16.8. The van der Waals surface area contributed by atoms with Crippen LogP contribution in [0, 0.1) is 44.3 Å². The molecule has 2 N–H and O–H groups in total. The summed E-state index contributed by atoms with van der Waals surface area (Å²) in [5.74, 6) is 1.61. The first-order valence-electron chi connectivity index (χ1n) is 16.8. The molecule has 0 unspecified atom stereocenters. The third-order valence-electron chi connectivity index (χ3n) is 14.2. The van der Waals surface area contributed by atoms with E-state index < -0.39 is 0 Å². The number of rotatable bonds is 5. The molecule has 5 rings (SSSR count). The number of aliphatic hydroxyl groups excluding tert-OH is 1. The van der Waals surface area contributed by atoms with E-state index in [-0.39, 0.29) is 38.6 Å². The fraction of sp³-hybridized carbons (Fsp3) is 0.917. The standard InChI is InChI=1S/C36H62N2O2/c1-31(2)18-20-36(30(40)37-22-11-23-38(8,9)10)21-19-34(6)25(26(36)24-31)12-13-28-33(5)16-15-29(39)32(3,4)27(33)14-17-35(28,34)7/h27-29,39H,11-24H2,1-10H3/p+1/t27-,28+,29-,33-,34+,35+,36-/m0/s1. The maximum absolute atomic E-state index is 14.2. The summed E-state index contributed by atoms with van der Waals surface area (Å²) < 4.78 is 0.943. The Bertz CT molecular complexity index is 1050. The Morgan fingerprint density at radius 1 is 0.850 bits per heavy atom. The van der Waals surface area contributed by atoms with Gasteiger partial charge in [0, 0.05) is 13.0 Å². The van der Waals surface area contributed by atoms with Gasteiger partial charge in [0.15, 0.2) is 0 Å². The van der Waals surface area contributed by atoms with E-state index >= 15 is 0 Å². The first kappa shape index (κ1) is 30.6. The average Bonchev–Trinajstić information content (AvgIpc) is 2.84. The summed E-state index contributed by atoms with van der Waals surface area (Å²) in [6, 6.07) is 0. The van der Waals surface area contributed by atoms with E-state index in [0.717, 1.165) is 68.9 Å². The summed E-state index contributed by atoms with van der Waals surface area (Å²) in [7, 11) is 6.69. The van der Waals surface area contributed by atoms with Crippen LogP contribution in [-0.2, 0) is 4.79 Å². The number of quaternary nitrogens is 1. The van der Waals surface area contributed by atoms with Gasteiger partial charge in [0.05, 0.1) is 39.2 Å². The van der Waals surface area contributed by atoms with Gasteiger partial charge in [-0.05, 0) is 110 Å². The van der Waals surface area contributed by atoms with E-state index in [1.54, 1.807) is 11.1 Å². The van der Waals surface area contributed by atoms with E-state index in [2.05, 4.69) is 74.9 Å². The van der Waals surface area contributed by atoms with Crippen LogP contribution in [0.15, 0.2) is 11.1 Å². The summed E-state index contributed by atoms with van der Waals surface area (Å²) in [5.41, 5.74) is 3.94. The van der Waals surface area contributed by atoms with E-state index in [1.807, 2.05) is 0 Å². The van der Waals surface area contributed by atoms with Crippen LogP contribution in [0.3, 0.4) is 0 Å². The van der Waals surface area contributed by atoms with Gasteiger partial charge in [0.2, 0.25) is 5.91 Å². The van der Waals surface area contributed by atoms with Crippen molar-refractivity contribution in [3.63, 3.8) is 0 Å². The number of nitrogens with zero attached hydrogens (tertiary/aromatic N) is 1.